The third-order valence-electron chi connectivity index (χ3n) is 2.87. The van der Waals surface area contributed by atoms with Gasteiger partial charge in [0.1, 0.15) is 6.34 Å². The SMILES string of the molecule is BrN1C=Nc2cccc(-c3ccccc3)c2C1. The van der Waals surface area contributed by atoms with Crippen molar-refractivity contribution in [2.24, 2.45) is 4.99 Å². The summed E-state index contributed by atoms with van der Waals surface area (Å²) < 4.78 is 1.92. The van der Waals surface area contributed by atoms with E-state index in [1.165, 1.54) is 16.7 Å². The van der Waals surface area contributed by atoms with E-state index >= 15 is 0 Å². The van der Waals surface area contributed by atoms with Gasteiger partial charge in [-0.05, 0) is 17.2 Å². The van der Waals surface area contributed by atoms with Gasteiger partial charge in [-0.15, -0.1) is 0 Å². The van der Waals surface area contributed by atoms with Crippen molar-refractivity contribution in [1.82, 2.24) is 3.93 Å². The Morgan fingerprint density at radius 1 is 1.00 bits per heavy atom. The lowest BCUT2D eigenvalue weighted by atomic mass is 9.98. The molecule has 0 radical (unpaired) electrons. The van der Waals surface area contributed by atoms with Crippen molar-refractivity contribution in [1.29, 1.82) is 0 Å². The van der Waals surface area contributed by atoms with Gasteiger partial charge in [0.25, 0.3) is 0 Å². The summed E-state index contributed by atoms with van der Waals surface area (Å²) in [6.45, 7) is 0.837. The lowest BCUT2D eigenvalue weighted by molar-refractivity contribution is 0.700. The molecule has 3 rings (SSSR count). The highest BCUT2D eigenvalue weighted by Crippen LogP contribution is 2.34. The summed E-state index contributed by atoms with van der Waals surface area (Å²) in [5.41, 5.74) is 4.81. The monoisotopic (exact) mass is 286 g/mol. The first-order valence-electron chi connectivity index (χ1n) is 5.48. The number of rotatable bonds is 1. The summed E-state index contributed by atoms with van der Waals surface area (Å²) in [5.74, 6) is 0. The van der Waals surface area contributed by atoms with Crippen LogP contribution < -0.4 is 0 Å². The quantitative estimate of drug-likeness (QED) is 0.720. The molecule has 17 heavy (non-hydrogen) atoms. The van der Waals surface area contributed by atoms with Gasteiger partial charge in [0.05, 0.1) is 28.4 Å². The van der Waals surface area contributed by atoms with Gasteiger partial charge < -0.3 is 0 Å². The van der Waals surface area contributed by atoms with E-state index in [0.29, 0.717) is 0 Å². The van der Waals surface area contributed by atoms with E-state index < -0.39 is 0 Å². The Balaban J connectivity index is 2.16. The molecule has 2 nitrogen and oxygen atoms in total. The molecule has 0 N–H and O–H groups in total. The maximum absolute atomic E-state index is 4.41. The normalized spacial score (nSPS) is 13.6. The van der Waals surface area contributed by atoms with Crippen LogP contribution >= 0.6 is 16.1 Å². The number of hydrogen-bond acceptors (Lipinski definition) is 2. The Morgan fingerprint density at radius 2 is 1.82 bits per heavy atom. The molecule has 84 valence electrons. The zero-order valence-corrected chi connectivity index (χ0v) is 10.8. The largest absolute Gasteiger partial charge is 0.295 e. The molecular weight excluding hydrogens is 276 g/mol. The second-order valence-electron chi connectivity index (χ2n) is 3.97. The maximum atomic E-state index is 4.41. The van der Waals surface area contributed by atoms with E-state index in [1.807, 2.05) is 9.99 Å². The predicted molar refractivity (Wildman–Crippen MR) is 74.5 cm³/mol. The molecule has 0 spiro atoms. The van der Waals surface area contributed by atoms with Crippen molar-refractivity contribution in [2.45, 2.75) is 6.54 Å². The van der Waals surface area contributed by atoms with E-state index in [-0.39, 0.29) is 0 Å². The third kappa shape index (κ3) is 1.98. The van der Waals surface area contributed by atoms with E-state index in [9.17, 15) is 0 Å². The standard InChI is InChI=1S/C14H11BrN2/c15-17-9-13-12(11-5-2-1-3-6-11)7-4-8-14(13)16-10-17/h1-8,10H,9H2. The summed E-state index contributed by atoms with van der Waals surface area (Å²) in [5, 5.41) is 0. The molecule has 0 saturated carbocycles. The molecule has 2 aromatic carbocycles. The summed E-state index contributed by atoms with van der Waals surface area (Å²) in [6.07, 6.45) is 1.80. The van der Waals surface area contributed by atoms with E-state index in [0.717, 1.165) is 12.2 Å². The molecule has 0 bridgehead atoms. The average Bonchev–Trinajstić information content (AvgIpc) is 2.39. The van der Waals surface area contributed by atoms with Crippen LogP contribution in [0.1, 0.15) is 5.56 Å². The fourth-order valence-electron chi connectivity index (χ4n) is 2.07. The van der Waals surface area contributed by atoms with Gasteiger partial charge >= 0.3 is 0 Å². The minimum atomic E-state index is 0.837. The van der Waals surface area contributed by atoms with Crippen LogP contribution in [0.4, 0.5) is 5.69 Å². The highest BCUT2D eigenvalue weighted by Gasteiger charge is 2.14. The van der Waals surface area contributed by atoms with Crippen molar-refractivity contribution in [3.05, 3.63) is 54.1 Å². The molecule has 3 heteroatoms. The molecular formula is C14H11BrN2. The summed E-state index contributed by atoms with van der Waals surface area (Å²) >= 11 is 3.45. The maximum Gasteiger partial charge on any atom is 0.101 e. The summed E-state index contributed by atoms with van der Waals surface area (Å²) in [7, 11) is 0. The molecule has 0 aliphatic carbocycles. The second-order valence-corrected chi connectivity index (χ2v) is 4.88. The van der Waals surface area contributed by atoms with Gasteiger partial charge in [0.15, 0.2) is 0 Å². The number of aliphatic imine (C=N–C) groups is 1. The minimum Gasteiger partial charge on any atom is -0.295 e. The van der Waals surface area contributed by atoms with E-state index in [4.69, 9.17) is 0 Å². The molecule has 1 aliphatic rings. The Labute approximate surface area is 109 Å². The number of benzene rings is 2. The highest BCUT2D eigenvalue weighted by molar-refractivity contribution is 9.07. The lowest BCUT2D eigenvalue weighted by Crippen LogP contribution is -2.13. The van der Waals surface area contributed by atoms with Crippen LogP contribution in [0.3, 0.4) is 0 Å². The van der Waals surface area contributed by atoms with Gasteiger partial charge in [0, 0.05) is 5.56 Å². The molecule has 0 atom stereocenters. The van der Waals surface area contributed by atoms with Gasteiger partial charge in [-0.25, -0.2) is 4.99 Å². The zero-order chi connectivity index (χ0) is 11.7. The fraction of sp³-hybridized carbons (Fsp3) is 0.0714. The van der Waals surface area contributed by atoms with Gasteiger partial charge in [-0.2, -0.15) is 0 Å². The first kappa shape index (κ1) is 10.5. The smallest absolute Gasteiger partial charge is 0.101 e. The Morgan fingerprint density at radius 3 is 2.65 bits per heavy atom. The Hall–Kier alpha value is -1.61. The zero-order valence-electron chi connectivity index (χ0n) is 9.18. The number of nitrogens with zero attached hydrogens (tertiary/aromatic N) is 2. The van der Waals surface area contributed by atoms with Crippen LogP contribution in [0.15, 0.2) is 53.5 Å². The second kappa shape index (κ2) is 4.34. The van der Waals surface area contributed by atoms with Crippen molar-refractivity contribution in [3.63, 3.8) is 0 Å². The molecule has 0 unspecified atom stereocenters. The number of halogens is 1. The van der Waals surface area contributed by atoms with Gasteiger partial charge in [-0.1, -0.05) is 42.5 Å². The van der Waals surface area contributed by atoms with Crippen LogP contribution in [-0.2, 0) is 6.54 Å². The van der Waals surface area contributed by atoms with Crippen molar-refractivity contribution in [3.8, 4) is 11.1 Å². The molecule has 0 fully saturated rings. The Bertz CT molecular complexity index is 564. The van der Waals surface area contributed by atoms with E-state index in [1.54, 1.807) is 6.34 Å². The van der Waals surface area contributed by atoms with Crippen LogP contribution in [0.5, 0.6) is 0 Å². The van der Waals surface area contributed by atoms with Crippen molar-refractivity contribution >= 4 is 28.2 Å². The van der Waals surface area contributed by atoms with E-state index in [2.05, 4.69) is 63.6 Å². The van der Waals surface area contributed by atoms with Crippen molar-refractivity contribution < 1.29 is 0 Å². The summed E-state index contributed by atoms with van der Waals surface area (Å²) in [4.78, 5) is 4.41. The Kier molecular flexibility index (Phi) is 2.69. The van der Waals surface area contributed by atoms with Crippen LogP contribution in [0.25, 0.3) is 11.1 Å². The number of hydrogen-bond donors (Lipinski definition) is 0. The topological polar surface area (TPSA) is 15.6 Å². The van der Waals surface area contributed by atoms with Crippen LogP contribution in [0, 0.1) is 0 Å². The minimum absolute atomic E-state index is 0.837. The fourth-order valence-corrected chi connectivity index (χ4v) is 2.41. The molecule has 0 aromatic heterocycles. The first-order chi connectivity index (χ1) is 8.34. The molecule has 0 saturated heterocycles. The van der Waals surface area contributed by atoms with Crippen LogP contribution in [-0.4, -0.2) is 10.3 Å². The average molecular weight is 287 g/mol. The molecule has 2 aromatic rings. The predicted octanol–water partition coefficient (Wildman–Crippen LogP) is 4.14. The first-order valence-corrected chi connectivity index (χ1v) is 6.19. The molecule has 1 aliphatic heterocycles. The van der Waals surface area contributed by atoms with Crippen LogP contribution in [0.2, 0.25) is 0 Å². The molecule has 0 amide bonds. The lowest BCUT2D eigenvalue weighted by Gasteiger charge is -2.20. The van der Waals surface area contributed by atoms with Gasteiger partial charge in [-0.3, -0.25) is 3.93 Å². The molecule has 1 heterocycles. The third-order valence-corrected chi connectivity index (χ3v) is 3.30. The highest BCUT2D eigenvalue weighted by atomic mass is 79.9. The van der Waals surface area contributed by atoms with Crippen molar-refractivity contribution in [2.75, 3.05) is 0 Å². The van der Waals surface area contributed by atoms with Gasteiger partial charge in [0.2, 0.25) is 0 Å². The summed E-state index contributed by atoms with van der Waals surface area (Å²) in [6, 6.07) is 16.7. The number of fused-ring (bicyclic) bond motifs is 1.